The Kier molecular flexibility index (Phi) is 4.92. The van der Waals surface area contributed by atoms with Crippen LogP contribution in [0.2, 0.25) is 0 Å². The number of anilines is 1. The van der Waals surface area contributed by atoms with Crippen molar-refractivity contribution in [2.45, 2.75) is 46.6 Å². The van der Waals surface area contributed by atoms with Crippen LogP contribution in [0.25, 0.3) is 0 Å². The van der Waals surface area contributed by atoms with Crippen molar-refractivity contribution in [2.24, 2.45) is 12.5 Å². The lowest BCUT2D eigenvalue weighted by atomic mass is 9.82. The molecular formula is C16H28N4O2. The number of aliphatic hydroxyl groups excluding tert-OH is 1. The van der Waals surface area contributed by atoms with Crippen molar-refractivity contribution in [3.8, 4) is 0 Å². The number of aliphatic hydroxyl groups is 1. The van der Waals surface area contributed by atoms with Crippen molar-refractivity contribution < 1.29 is 9.90 Å². The highest BCUT2D eigenvalue weighted by atomic mass is 16.3. The molecule has 1 aromatic heterocycles. The first kappa shape index (κ1) is 17.0. The molecule has 2 heterocycles. The molecule has 0 aliphatic carbocycles. The number of rotatable bonds is 4. The van der Waals surface area contributed by atoms with E-state index in [0.29, 0.717) is 0 Å². The Labute approximate surface area is 132 Å². The molecule has 124 valence electrons. The van der Waals surface area contributed by atoms with Crippen LogP contribution in [0.15, 0.2) is 0 Å². The fourth-order valence-electron chi connectivity index (χ4n) is 3.16. The van der Waals surface area contributed by atoms with Gasteiger partial charge in [0.15, 0.2) is 0 Å². The van der Waals surface area contributed by atoms with Crippen molar-refractivity contribution in [3.63, 3.8) is 0 Å². The number of likely N-dealkylation sites (tertiary alicyclic amines) is 1. The summed E-state index contributed by atoms with van der Waals surface area (Å²) in [4.78, 5) is 14.7. The molecule has 6 nitrogen and oxygen atoms in total. The summed E-state index contributed by atoms with van der Waals surface area (Å²) in [7, 11) is 1.87. The first-order chi connectivity index (χ1) is 10.3. The Morgan fingerprint density at radius 3 is 2.73 bits per heavy atom. The van der Waals surface area contributed by atoms with E-state index in [9.17, 15) is 9.90 Å². The van der Waals surface area contributed by atoms with Gasteiger partial charge in [-0.2, -0.15) is 5.10 Å². The second kappa shape index (κ2) is 6.38. The van der Waals surface area contributed by atoms with Crippen molar-refractivity contribution in [2.75, 3.05) is 25.0 Å². The minimum Gasteiger partial charge on any atom is -0.396 e. The molecule has 22 heavy (non-hydrogen) atoms. The van der Waals surface area contributed by atoms with Crippen LogP contribution in [-0.2, 0) is 11.8 Å². The van der Waals surface area contributed by atoms with E-state index in [-0.39, 0.29) is 24.0 Å². The first-order valence-corrected chi connectivity index (χ1v) is 7.93. The standard InChI is InChI=1S/C16H28N4O2/c1-11-14(12(2)19(5)18-11)17-15(22)13(3)20-8-6-7-16(4,9-20)10-21/h13,21H,6-10H2,1-5H3,(H,17,22). The van der Waals surface area contributed by atoms with Crippen LogP contribution in [0.4, 0.5) is 5.69 Å². The summed E-state index contributed by atoms with van der Waals surface area (Å²) < 4.78 is 1.78. The van der Waals surface area contributed by atoms with Crippen LogP contribution < -0.4 is 5.32 Å². The second-order valence-electron chi connectivity index (χ2n) is 6.88. The number of nitrogens with one attached hydrogen (secondary N) is 1. The van der Waals surface area contributed by atoms with Gasteiger partial charge in [-0.1, -0.05) is 6.92 Å². The topological polar surface area (TPSA) is 70.4 Å². The third kappa shape index (κ3) is 3.33. The molecule has 1 aliphatic rings. The summed E-state index contributed by atoms with van der Waals surface area (Å²) in [5.41, 5.74) is 2.49. The molecule has 1 aliphatic heterocycles. The van der Waals surface area contributed by atoms with Gasteiger partial charge in [0, 0.05) is 25.6 Å². The van der Waals surface area contributed by atoms with Crippen molar-refractivity contribution in [1.82, 2.24) is 14.7 Å². The largest absolute Gasteiger partial charge is 0.396 e. The van der Waals surface area contributed by atoms with E-state index >= 15 is 0 Å². The van der Waals surface area contributed by atoms with E-state index in [2.05, 4.69) is 22.2 Å². The second-order valence-corrected chi connectivity index (χ2v) is 6.88. The number of piperidine rings is 1. The number of amides is 1. The number of carbonyl (C=O) groups excluding carboxylic acids is 1. The molecule has 1 amide bonds. The summed E-state index contributed by atoms with van der Waals surface area (Å²) in [5.74, 6) is -0.0126. The van der Waals surface area contributed by atoms with Gasteiger partial charge in [-0.3, -0.25) is 14.4 Å². The maximum Gasteiger partial charge on any atom is 0.241 e. The van der Waals surface area contributed by atoms with Gasteiger partial charge >= 0.3 is 0 Å². The molecule has 0 spiro atoms. The van der Waals surface area contributed by atoms with Gasteiger partial charge < -0.3 is 10.4 Å². The maximum absolute atomic E-state index is 12.6. The average molecular weight is 308 g/mol. The Bertz CT molecular complexity index is 555. The fraction of sp³-hybridized carbons (Fsp3) is 0.750. The van der Waals surface area contributed by atoms with Crippen LogP contribution in [0.5, 0.6) is 0 Å². The van der Waals surface area contributed by atoms with Crippen LogP contribution in [0.1, 0.15) is 38.1 Å². The third-order valence-corrected chi connectivity index (χ3v) is 4.88. The lowest BCUT2D eigenvalue weighted by molar-refractivity contribution is -0.122. The van der Waals surface area contributed by atoms with Gasteiger partial charge in [0.05, 0.1) is 23.1 Å². The maximum atomic E-state index is 12.6. The van der Waals surface area contributed by atoms with Gasteiger partial charge in [-0.05, 0) is 40.2 Å². The zero-order valence-electron chi connectivity index (χ0n) is 14.3. The van der Waals surface area contributed by atoms with Gasteiger partial charge in [0.25, 0.3) is 0 Å². The van der Waals surface area contributed by atoms with E-state index in [1.807, 2.05) is 27.8 Å². The van der Waals surface area contributed by atoms with Crippen molar-refractivity contribution in [3.05, 3.63) is 11.4 Å². The SMILES string of the molecule is Cc1nn(C)c(C)c1NC(=O)C(C)N1CCCC(C)(CO)C1. The number of nitrogens with zero attached hydrogens (tertiary/aromatic N) is 3. The molecule has 0 bridgehead atoms. The first-order valence-electron chi connectivity index (χ1n) is 7.93. The minimum absolute atomic E-state index is 0.0126. The summed E-state index contributed by atoms with van der Waals surface area (Å²) >= 11 is 0. The van der Waals surface area contributed by atoms with E-state index in [1.165, 1.54) is 0 Å². The van der Waals surface area contributed by atoms with Crippen LogP contribution in [-0.4, -0.2) is 51.4 Å². The van der Waals surface area contributed by atoms with Crippen LogP contribution in [0.3, 0.4) is 0 Å². The average Bonchev–Trinajstić information content (AvgIpc) is 2.73. The summed E-state index contributed by atoms with van der Waals surface area (Å²) in [6.07, 6.45) is 2.02. The van der Waals surface area contributed by atoms with E-state index in [0.717, 1.165) is 43.0 Å². The Balaban J connectivity index is 2.06. The van der Waals surface area contributed by atoms with E-state index in [4.69, 9.17) is 0 Å². The lowest BCUT2D eigenvalue weighted by Crippen LogP contribution is -2.51. The molecule has 0 saturated carbocycles. The van der Waals surface area contributed by atoms with Crippen LogP contribution in [0, 0.1) is 19.3 Å². The zero-order valence-corrected chi connectivity index (χ0v) is 14.3. The molecule has 2 unspecified atom stereocenters. The highest BCUT2D eigenvalue weighted by molar-refractivity contribution is 5.95. The molecule has 0 aromatic carbocycles. The van der Waals surface area contributed by atoms with Crippen molar-refractivity contribution >= 4 is 11.6 Å². The molecule has 1 aromatic rings. The summed E-state index contributed by atoms with van der Waals surface area (Å²) in [6, 6.07) is -0.217. The molecule has 1 fully saturated rings. The molecule has 2 atom stereocenters. The Morgan fingerprint density at radius 1 is 1.50 bits per heavy atom. The van der Waals surface area contributed by atoms with E-state index < -0.39 is 0 Å². The van der Waals surface area contributed by atoms with Gasteiger partial charge in [-0.25, -0.2) is 0 Å². The highest BCUT2D eigenvalue weighted by Gasteiger charge is 2.34. The van der Waals surface area contributed by atoms with Crippen LogP contribution >= 0.6 is 0 Å². The number of hydrogen-bond donors (Lipinski definition) is 2. The van der Waals surface area contributed by atoms with Gasteiger partial charge in [0.2, 0.25) is 5.91 Å². The zero-order chi connectivity index (χ0) is 16.5. The Morgan fingerprint density at radius 2 is 2.18 bits per heavy atom. The fourth-order valence-corrected chi connectivity index (χ4v) is 3.16. The van der Waals surface area contributed by atoms with E-state index in [1.54, 1.807) is 4.68 Å². The third-order valence-electron chi connectivity index (χ3n) is 4.88. The quantitative estimate of drug-likeness (QED) is 0.883. The number of carbonyl (C=O) groups is 1. The number of aryl methyl sites for hydroxylation is 2. The predicted octanol–water partition coefficient (Wildman–Crippen LogP) is 1.46. The molecule has 1 saturated heterocycles. The molecule has 2 N–H and O–H groups in total. The molecular weight excluding hydrogens is 280 g/mol. The molecule has 0 radical (unpaired) electrons. The van der Waals surface area contributed by atoms with Crippen molar-refractivity contribution in [1.29, 1.82) is 0 Å². The lowest BCUT2D eigenvalue weighted by Gasteiger charge is -2.41. The minimum atomic E-state index is -0.217. The predicted molar refractivity (Wildman–Crippen MR) is 86.8 cm³/mol. The monoisotopic (exact) mass is 308 g/mol. The smallest absolute Gasteiger partial charge is 0.241 e. The molecule has 2 rings (SSSR count). The van der Waals surface area contributed by atoms with Gasteiger partial charge in [-0.15, -0.1) is 0 Å². The summed E-state index contributed by atoms with van der Waals surface area (Å²) in [5, 5.41) is 16.9. The summed E-state index contributed by atoms with van der Waals surface area (Å²) in [6.45, 7) is 9.68. The number of aromatic nitrogens is 2. The highest BCUT2D eigenvalue weighted by Crippen LogP contribution is 2.30. The molecule has 6 heteroatoms. The normalized spacial score (nSPS) is 24.3. The number of hydrogen-bond acceptors (Lipinski definition) is 4. The Hall–Kier alpha value is -1.40. The van der Waals surface area contributed by atoms with Gasteiger partial charge in [0.1, 0.15) is 0 Å².